The largest absolute Gasteiger partial charge is 0.303 e. The van der Waals surface area contributed by atoms with Gasteiger partial charge >= 0.3 is 0 Å². The number of rotatable bonds is 6. The SMILES string of the molecule is CCN(CC)CC(C)(C)C(=O)c1ccccc1.Cl. The molecular formula is C15H24ClNO. The first-order valence-corrected chi connectivity index (χ1v) is 6.33. The molecule has 0 aliphatic rings. The molecule has 0 radical (unpaired) electrons. The highest BCUT2D eigenvalue weighted by Gasteiger charge is 2.29. The normalized spacial score (nSPS) is 11.2. The summed E-state index contributed by atoms with van der Waals surface area (Å²) in [6.07, 6.45) is 0. The number of carbonyl (C=O) groups is 1. The van der Waals surface area contributed by atoms with E-state index in [0.717, 1.165) is 25.2 Å². The Bertz CT molecular complexity index is 358. The molecule has 0 heterocycles. The van der Waals surface area contributed by atoms with Crippen molar-refractivity contribution in [3.8, 4) is 0 Å². The molecule has 0 fully saturated rings. The second kappa shape index (κ2) is 7.55. The molecule has 102 valence electrons. The number of Topliss-reactive ketones (excluding diaryl/α,β-unsaturated/α-hetero) is 1. The van der Waals surface area contributed by atoms with Crippen molar-refractivity contribution in [1.82, 2.24) is 4.90 Å². The number of carbonyl (C=O) groups excluding carboxylic acids is 1. The Kier molecular flexibility index (Phi) is 7.19. The molecule has 1 aromatic rings. The molecule has 1 rings (SSSR count). The maximum absolute atomic E-state index is 12.4. The molecule has 0 amide bonds. The van der Waals surface area contributed by atoms with Gasteiger partial charge in [0.2, 0.25) is 0 Å². The molecule has 0 saturated heterocycles. The fraction of sp³-hybridized carbons (Fsp3) is 0.533. The van der Waals surface area contributed by atoms with Gasteiger partial charge in [-0.05, 0) is 13.1 Å². The van der Waals surface area contributed by atoms with Crippen LogP contribution in [-0.4, -0.2) is 30.3 Å². The van der Waals surface area contributed by atoms with E-state index in [1.54, 1.807) is 0 Å². The number of hydrogen-bond donors (Lipinski definition) is 0. The van der Waals surface area contributed by atoms with Gasteiger partial charge in [0.15, 0.2) is 5.78 Å². The molecule has 0 spiro atoms. The average Bonchev–Trinajstić information content (AvgIpc) is 2.36. The minimum absolute atomic E-state index is 0. The predicted molar refractivity (Wildman–Crippen MR) is 79.6 cm³/mol. The second-order valence-electron chi connectivity index (χ2n) is 5.04. The zero-order valence-electron chi connectivity index (χ0n) is 11.8. The van der Waals surface area contributed by atoms with Crippen molar-refractivity contribution in [2.75, 3.05) is 19.6 Å². The third-order valence-corrected chi connectivity index (χ3v) is 3.16. The van der Waals surface area contributed by atoms with Crippen LogP contribution in [0.3, 0.4) is 0 Å². The van der Waals surface area contributed by atoms with E-state index < -0.39 is 0 Å². The third-order valence-electron chi connectivity index (χ3n) is 3.16. The fourth-order valence-electron chi connectivity index (χ4n) is 2.06. The van der Waals surface area contributed by atoms with E-state index in [-0.39, 0.29) is 23.6 Å². The Morgan fingerprint density at radius 3 is 2.06 bits per heavy atom. The highest BCUT2D eigenvalue weighted by Crippen LogP contribution is 2.23. The zero-order valence-corrected chi connectivity index (χ0v) is 12.6. The van der Waals surface area contributed by atoms with E-state index in [9.17, 15) is 4.79 Å². The first-order valence-electron chi connectivity index (χ1n) is 6.33. The molecular weight excluding hydrogens is 246 g/mol. The van der Waals surface area contributed by atoms with Gasteiger partial charge in [0, 0.05) is 17.5 Å². The van der Waals surface area contributed by atoms with Gasteiger partial charge in [-0.2, -0.15) is 0 Å². The topological polar surface area (TPSA) is 20.3 Å². The van der Waals surface area contributed by atoms with Crippen LogP contribution in [-0.2, 0) is 0 Å². The van der Waals surface area contributed by atoms with Gasteiger partial charge in [-0.25, -0.2) is 0 Å². The molecule has 0 N–H and O–H groups in total. The van der Waals surface area contributed by atoms with Crippen molar-refractivity contribution in [1.29, 1.82) is 0 Å². The van der Waals surface area contributed by atoms with Gasteiger partial charge in [0.05, 0.1) is 0 Å². The Labute approximate surface area is 117 Å². The Hall–Kier alpha value is -0.860. The van der Waals surface area contributed by atoms with Gasteiger partial charge in [-0.1, -0.05) is 58.0 Å². The number of benzene rings is 1. The van der Waals surface area contributed by atoms with Crippen molar-refractivity contribution in [3.05, 3.63) is 35.9 Å². The smallest absolute Gasteiger partial charge is 0.169 e. The van der Waals surface area contributed by atoms with Crippen LogP contribution >= 0.6 is 12.4 Å². The molecule has 18 heavy (non-hydrogen) atoms. The number of hydrogen-bond acceptors (Lipinski definition) is 2. The summed E-state index contributed by atoms with van der Waals surface area (Å²) in [4.78, 5) is 14.7. The summed E-state index contributed by atoms with van der Waals surface area (Å²) in [5, 5.41) is 0. The molecule has 0 aliphatic heterocycles. The van der Waals surface area contributed by atoms with Crippen LogP contribution in [0.15, 0.2) is 30.3 Å². The quantitative estimate of drug-likeness (QED) is 0.735. The standard InChI is InChI=1S/C15H23NO.ClH/c1-5-16(6-2)12-15(3,4)14(17)13-10-8-7-9-11-13;/h7-11H,5-6,12H2,1-4H3;1H. The molecule has 0 aromatic heterocycles. The lowest BCUT2D eigenvalue weighted by molar-refractivity contribution is 0.0773. The van der Waals surface area contributed by atoms with E-state index in [2.05, 4.69) is 18.7 Å². The highest BCUT2D eigenvalue weighted by molar-refractivity contribution is 6.00. The van der Waals surface area contributed by atoms with Gasteiger partial charge < -0.3 is 4.90 Å². The van der Waals surface area contributed by atoms with Crippen molar-refractivity contribution >= 4 is 18.2 Å². The van der Waals surface area contributed by atoms with Crippen LogP contribution in [0.5, 0.6) is 0 Å². The molecule has 2 nitrogen and oxygen atoms in total. The average molecular weight is 270 g/mol. The summed E-state index contributed by atoms with van der Waals surface area (Å²) in [7, 11) is 0. The number of halogens is 1. The maximum atomic E-state index is 12.4. The van der Waals surface area contributed by atoms with E-state index in [4.69, 9.17) is 0 Å². The summed E-state index contributed by atoms with van der Waals surface area (Å²) in [6, 6.07) is 9.56. The summed E-state index contributed by atoms with van der Waals surface area (Å²) in [5.74, 6) is 0.227. The van der Waals surface area contributed by atoms with Crippen LogP contribution in [0.4, 0.5) is 0 Å². The maximum Gasteiger partial charge on any atom is 0.169 e. The van der Waals surface area contributed by atoms with E-state index >= 15 is 0 Å². The van der Waals surface area contributed by atoms with Gasteiger partial charge in [0.25, 0.3) is 0 Å². The van der Waals surface area contributed by atoms with Crippen LogP contribution < -0.4 is 0 Å². The molecule has 0 saturated carbocycles. The molecule has 3 heteroatoms. The van der Waals surface area contributed by atoms with Crippen LogP contribution in [0, 0.1) is 5.41 Å². The minimum Gasteiger partial charge on any atom is -0.303 e. The van der Waals surface area contributed by atoms with E-state index in [0.29, 0.717) is 0 Å². The van der Waals surface area contributed by atoms with Gasteiger partial charge in [0.1, 0.15) is 0 Å². The molecule has 0 atom stereocenters. The Balaban J connectivity index is 0.00000289. The van der Waals surface area contributed by atoms with Gasteiger partial charge in [-0.3, -0.25) is 4.79 Å². The summed E-state index contributed by atoms with van der Waals surface area (Å²) in [6.45, 7) is 11.1. The van der Waals surface area contributed by atoms with Crippen molar-refractivity contribution in [2.24, 2.45) is 5.41 Å². The first-order chi connectivity index (χ1) is 8.01. The lowest BCUT2D eigenvalue weighted by Crippen LogP contribution is -2.39. The fourth-order valence-corrected chi connectivity index (χ4v) is 2.06. The first kappa shape index (κ1) is 17.1. The molecule has 0 bridgehead atoms. The predicted octanol–water partition coefficient (Wildman–Crippen LogP) is 3.66. The lowest BCUT2D eigenvalue weighted by Gasteiger charge is -2.30. The lowest BCUT2D eigenvalue weighted by atomic mass is 9.83. The highest BCUT2D eigenvalue weighted by atomic mass is 35.5. The molecule has 0 aliphatic carbocycles. The van der Waals surface area contributed by atoms with Gasteiger partial charge in [-0.15, -0.1) is 12.4 Å². The van der Waals surface area contributed by atoms with Crippen LogP contribution in [0.25, 0.3) is 0 Å². The zero-order chi connectivity index (χ0) is 12.9. The van der Waals surface area contributed by atoms with Crippen molar-refractivity contribution in [3.63, 3.8) is 0 Å². The van der Waals surface area contributed by atoms with Crippen LogP contribution in [0.1, 0.15) is 38.1 Å². The van der Waals surface area contributed by atoms with Crippen molar-refractivity contribution in [2.45, 2.75) is 27.7 Å². The van der Waals surface area contributed by atoms with Crippen molar-refractivity contribution < 1.29 is 4.79 Å². The Morgan fingerprint density at radius 1 is 1.11 bits per heavy atom. The third kappa shape index (κ3) is 4.43. The molecule has 0 unspecified atom stereocenters. The number of nitrogens with zero attached hydrogens (tertiary/aromatic N) is 1. The summed E-state index contributed by atoms with van der Waals surface area (Å²) < 4.78 is 0. The molecule has 1 aromatic carbocycles. The second-order valence-corrected chi connectivity index (χ2v) is 5.04. The van der Waals surface area contributed by atoms with E-state index in [1.165, 1.54) is 0 Å². The summed E-state index contributed by atoms with van der Waals surface area (Å²) >= 11 is 0. The van der Waals surface area contributed by atoms with E-state index in [1.807, 2.05) is 44.2 Å². The summed E-state index contributed by atoms with van der Waals surface area (Å²) in [5.41, 5.74) is 0.484. The Morgan fingerprint density at radius 2 is 1.61 bits per heavy atom. The van der Waals surface area contributed by atoms with Crippen LogP contribution in [0.2, 0.25) is 0 Å². The number of ketones is 1. The minimum atomic E-state index is -0.326. The monoisotopic (exact) mass is 269 g/mol.